The average molecular weight is 265 g/mol. The van der Waals surface area contributed by atoms with Crippen LogP contribution in [0.1, 0.15) is 11.8 Å². The van der Waals surface area contributed by atoms with E-state index < -0.39 is 0 Å². The van der Waals surface area contributed by atoms with Gasteiger partial charge in [-0.05, 0) is 36.8 Å². The van der Waals surface area contributed by atoms with Gasteiger partial charge < -0.3 is 10.4 Å². The van der Waals surface area contributed by atoms with Crippen LogP contribution in [0.3, 0.4) is 0 Å². The normalized spacial score (nSPS) is 12.6. The van der Waals surface area contributed by atoms with Crippen LogP contribution in [-0.2, 0) is 6.54 Å². The lowest BCUT2D eigenvalue weighted by Crippen LogP contribution is -2.28. The number of aliphatic hydroxyl groups excluding tert-OH is 1. The van der Waals surface area contributed by atoms with E-state index in [9.17, 15) is 4.39 Å². The van der Waals surface area contributed by atoms with Crippen LogP contribution in [0, 0.1) is 5.82 Å². The molecule has 0 fully saturated rings. The number of nitrogens with one attached hydrogen (secondary N) is 1. The summed E-state index contributed by atoms with van der Waals surface area (Å²) < 4.78 is 12.8. The molecule has 0 bridgehead atoms. The fraction of sp³-hybridized carbons (Fsp3) is 0.286. The molecule has 0 saturated heterocycles. The van der Waals surface area contributed by atoms with Crippen LogP contribution >= 0.6 is 11.3 Å². The second kappa shape index (κ2) is 6.09. The Morgan fingerprint density at radius 1 is 1.22 bits per heavy atom. The van der Waals surface area contributed by atoms with Crippen LogP contribution in [-0.4, -0.2) is 17.8 Å². The number of rotatable bonds is 5. The van der Waals surface area contributed by atoms with Gasteiger partial charge in [0.2, 0.25) is 0 Å². The molecule has 4 heteroatoms. The maximum atomic E-state index is 12.8. The van der Waals surface area contributed by atoms with E-state index in [0.29, 0.717) is 0 Å². The van der Waals surface area contributed by atoms with Crippen molar-refractivity contribution in [2.45, 2.75) is 19.5 Å². The minimum absolute atomic E-state index is 0.0985. The van der Waals surface area contributed by atoms with Gasteiger partial charge in [0.15, 0.2) is 0 Å². The first-order chi connectivity index (χ1) is 8.69. The summed E-state index contributed by atoms with van der Waals surface area (Å²) in [5, 5.41) is 12.2. The highest BCUT2D eigenvalue weighted by molar-refractivity contribution is 7.15. The van der Waals surface area contributed by atoms with Crippen molar-refractivity contribution in [1.82, 2.24) is 5.32 Å². The van der Waals surface area contributed by atoms with E-state index >= 15 is 0 Å². The van der Waals surface area contributed by atoms with Gasteiger partial charge in [0.25, 0.3) is 0 Å². The SMILES string of the molecule is C[C@H](CO)NCc1ccc(-c2ccc(F)cc2)s1. The van der Waals surface area contributed by atoms with Crippen molar-refractivity contribution in [2.24, 2.45) is 0 Å². The maximum Gasteiger partial charge on any atom is 0.123 e. The zero-order chi connectivity index (χ0) is 13.0. The van der Waals surface area contributed by atoms with Gasteiger partial charge in [-0.1, -0.05) is 12.1 Å². The molecule has 0 saturated carbocycles. The molecule has 1 aromatic heterocycles. The van der Waals surface area contributed by atoms with Crippen molar-refractivity contribution in [3.63, 3.8) is 0 Å². The molecular weight excluding hydrogens is 249 g/mol. The summed E-state index contributed by atoms with van der Waals surface area (Å²) in [7, 11) is 0. The fourth-order valence-corrected chi connectivity index (χ4v) is 2.55. The van der Waals surface area contributed by atoms with Gasteiger partial charge in [0.1, 0.15) is 5.82 Å². The van der Waals surface area contributed by atoms with E-state index in [-0.39, 0.29) is 18.5 Å². The highest BCUT2D eigenvalue weighted by Crippen LogP contribution is 2.28. The Balaban J connectivity index is 2.03. The van der Waals surface area contributed by atoms with E-state index in [2.05, 4.69) is 11.4 Å². The Morgan fingerprint density at radius 2 is 1.94 bits per heavy atom. The summed E-state index contributed by atoms with van der Waals surface area (Å²) in [5.74, 6) is -0.214. The van der Waals surface area contributed by atoms with E-state index in [0.717, 1.165) is 17.0 Å². The lowest BCUT2D eigenvalue weighted by molar-refractivity contribution is 0.251. The topological polar surface area (TPSA) is 32.3 Å². The summed E-state index contributed by atoms with van der Waals surface area (Å²) in [4.78, 5) is 2.33. The fourth-order valence-electron chi connectivity index (χ4n) is 1.58. The van der Waals surface area contributed by atoms with E-state index in [1.54, 1.807) is 23.5 Å². The van der Waals surface area contributed by atoms with Crippen molar-refractivity contribution in [1.29, 1.82) is 0 Å². The first-order valence-corrected chi connectivity index (χ1v) is 6.69. The molecule has 18 heavy (non-hydrogen) atoms. The van der Waals surface area contributed by atoms with Gasteiger partial charge in [-0.2, -0.15) is 0 Å². The molecule has 96 valence electrons. The Kier molecular flexibility index (Phi) is 4.47. The molecule has 2 rings (SSSR count). The van der Waals surface area contributed by atoms with Crippen molar-refractivity contribution < 1.29 is 9.50 Å². The van der Waals surface area contributed by atoms with Crippen LogP contribution in [0.2, 0.25) is 0 Å². The number of aliphatic hydroxyl groups is 1. The quantitative estimate of drug-likeness (QED) is 0.871. The predicted molar refractivity (Wildman–Crippen MR) is 73.1 cm³/mol. The molecule has 1 heterocycles. The lowest BCUT2D eigenvalue weighted by atomic mass is 10.2. The second-order valence-electron chi connectivity index (χ2n) is 4.24. The van der Waals surface area contributed by atoms with E-state index in [1.165, 1.54) is 17.0 Å². The first kappa shape index (κ1) is 13.2. The van der Waals surface area contributed by atoms with Crippen molar-refractivity contribution in [3.8, 4) is 10.4 Å². The van der Waals surface area contributed by atoms with Crippen LogP contribution in [0.5, 0.6) is 0 Å². The average Bonchev–Trinajstić information content (AvgIpc) is 2.85. The molecule has 0 spiro atoms. The minimum Gasteiger partial charge on any atom is -0.395 e. The lowest BCUT2D eigenvalue weighted by Gasteiger charge is -2.08. The van der Waals surface area contributed by atoms with Gasteiger partial charge in [-0.25, -0.2) is 4.39 Å². The summed E-state index contributed by atoms with van der Waals surface area (Å²) in [6.07, 6.45) is 0. The zero-order valence-corrected chi connectivity index (χ0v) is 11.0. The highest BCUT2D eigenvalue weighted by Gasteiger charge is 2.04. The Labute approximate surface area is 110 Å². The third kappa shape index (κ3) is 3.38. The number of hydrogen-bond acceptors (Lipinski definition) is 3. The predicted octanol–water partition coefficient (Wildman–Crippen LogP) is 3.02. The Hall–Kier alpha value is -1.23. The van der Waals surface area contributed by atoms with Crippen LogP contribution in [0.15, 0.2) is 36.4 Å². The van der Waals surface area contributed by atoms with E-state index in [1.807, 2.05) is 13.0 Å². The van der Waals surface area contributed by atoms with Gasteiger partial charge in [-0.15, -0.1) is 11.3 Å². The Bertz CT molecular complexity index is 495. The summed E-state index contributed by atoms with van der Waals surface area (Å²) in [5.41, 5.74) is 1.03. The van der Waals surface area contributed by atoms with Gasteiger partial charge in [0, 0.05) is 22.3 Å². The minimum atomic E-state index is -0.214. The molecule has 0 amide bonds. The number of hydrogen-bond donors (Lipinski definition) is 2. The molecule has 2 N–H and O–H groups in total. The molecule has 0 aliphatic rings. The summed E-state index contributed by atoms with van der Waals surface area (Å²) in [6.45, 7) is 2.82. The Morgan fingerprint density at radius 3 is 2.61 bits per heavy atom. The van der Waals surface area contributed by atoms with Crippen molar-refractivity contribution >= 4 is 11.3 Å². The molecule has 0 aliphatic heterocycles. The molecule has 2 nitrogen and oxygen atoms in total. The third-order valence-corrected chi connectivity index (χ3v) is 3.82. The molecule has 1 atom stereocenters. The largest absolute Gasteiger partial charge is 0.395 e. The smallest absolute Gasteiger partial charge is 0.123 e. The van der Waals surface area contributed by atoms with Crippen LogP contribution < -0.4 is 5.32 Å². The molecule has 0 radical (unpaired) electrons. The molecule has 2 aromatic rings. The van der Waals surface area contributed by atoms with Crippen molar-refractivity contribution in [3.05, 3.63) is 47.1 Å². The number of thiophene rings is 1. The molecule has 1 aromatic carbocycles. The van der Waals surface area contributed by atoms with E-state index in [4.69, 9.17) is 5.11 Å². The van der Waals surface area contributed by atoms with Crippen LogP contribution in [0.4, 0.5) is 4.39 Å². The zero-order valence-electron chi connectivity index (χ0n) is 10.2. The number of benzene rings is 1. The summed E-state index contributed by atoms with van der Waals surface area (Å²) >= 11 is 1.68. The number of halogens is 1. The molecule has 0 unspecified atom stereocenters. The van der Waals surface area contributed by atoms with Crippen molar-refractivity contribution in [2.75, 3.05) is 6.61 Å². The molecular formula is C14H16FNOS. The highest BCUT2D eigenvalue weighted by atomic mass is 32.1. The van der Waals surface area contributed by atoms with Gasteiger partial charge in [0.05, 0.1) is 6.61 Å². The third-order valence-electron chi connectivity index (χ3n) is 2.69. The van der Waals surface area contributed by atoms with Gasteiger partial charge >= 0.3 is 0 Å². The van der Waals surface area contributed by atoms with Gasteiger partial charge in [-0.3, -0.25) is 0 Å². The first-order valence-electron chi connectivity index (χ1n) is 5.88. The maximum absolute atomic E-state index is 12.8. The molecule has 0 aliphatic carbocycles. The monoisotopic (exact) mass is 265 g/mol. The van der Waals surface area contributed by atoms with Crippen LogP contribution in [0.25, 0.3) is 10.4 Å². The standard InChI is InChI=1S/C14H16FNOS/c1-10(9-17)16-8-13-6-7-14(18-13)11-2-4-12(15)5-3-11/h2-7,10,16-17H,8-9H2,1H3/t10-/m1/s1. The summed E-state index contributed by atoms with van der Waals surface area (Å²) in [6, 6.07) is 10.7. The second-order valence-corrected chi connectivity index (χ2v) is 5.41.